The first-order chi connectivity index (χ1) is 15.2. The van der Waals surface area contributed by atoms with Gasteiger partial charge in [-0.3, -0.25) is 15.3 Å². The van der Waals surface area contributed by atoms with Crippen molar-refractivity contribution in [3.63, 3.8) is 0 Å². The Labute approximate surface area is 190 Å². The second kappa shape index (κ2) is 11.5. The number of benzene rings is 2. The van der Waals surface area contributed by atoms with Crippen LogP contribution in [0.4, 0.5) is 14.9 Å². The molecule has 0 spiro atoms. The molecule has 0 fully saturated rings. The van der Waals surface area contributed by atoms with Gasteiger partial charge in [-0.2, -0.15) is 0 Å². The lowest BCUT2D eigenvalue weighted by Crippen LogP contribution is -2.29. The average molecular weight is 463 g/mol. The van der Waals surface area contributed by atoms with E-state index in [0.29, 0.717) is 24.1 Å². The van der Waals surface area contributed by atoms with Crippen molar-refractivity contribution in [2.45, 2.75) is 37.7 Å². The molecule has 0 unspecified atom stereocenters. The van der Waals surface area contributed by atoms with Gasteiger partial charge in [0.2, 0.25) is 0 Å². The highest BCUT2D eigenvalue weighted by molar-refractivity contribution is 7.98. The average Bonchev–Trinajstić information content (AvgIpc) is 2.77. The number of ether oxygens (including phenoxy) is 1. The van der Waals surface area contributed by atoms with Gasteiger partial charge < -0.3 is 9.84 Å². The lowest BCUT2D eigenvalue weighted by atomic mass is 9.78. The number of allylic oxidation sites excluding steroid dienone is 1. The van der Waals surface area contributed by atoms with Gasteiger partial charge >= 0.3 is 6.09 Å². The highest BCUT2D eigenvalue weighted by Gasteiger charge is 2.34. The fraction of sp³-hybridized carbons (Fsp3) is 0.304. The summed E-state index contributed by atoms with van der Waals surface area (Å²) in [5.41, 5.74) is 1.79. The summed E-state index contributed by atoms with van der Waals surface area (Å²) in [5.74, 6) is -1.97. The number of carbonyl (C=O) groups is 2. The maximum Gasteiger partial charge on any atom is 0.412 e. The van der Waals surface area contributed by atoms with Gasteiger partial charge in [0.25, 0.3) is 5.91 Å². The van der Waals surface area contributed by atoms with Crippen molar-refractivity contribution in [2.75, 3.05) is 11.6 Å². The van der Waals surface area contributed by atoms with Crippen molar-refractivity contribution in [2.24, 2.45) is 5.41 Å². The molecule has 0 aliphatic carbocycles. The van der Waals surface area contributed by atoms with Gasteiger partial charge in [0.15, 0.2) is 11.6 Å². The Morgan fingerprint density at radius 1 is 1.22 bits per heavy atom. The Balaban J connectivity index is 2.20. The zero-order chi connectivity index (χ0) is 23.7. The minimum absolute atomic E-state index is 0.385. The van der Waals surface area contributed by atoms with Crippen molar-refractivity contribution in [1.29, 1.82) is 0 Å². The molecule has 0 saturated heterocycles. The molecule has 0 radical (unpaired) electrons. The molecule has 2 aromatic carbocycles. The Morgan fingerprint density at radius 3 is 2.50 bits per heavy atom. The summed E-state index contributed by atoms with van der Waals surface area (Å²) in [4.78, 5) is 24.8. The maximum absolute atomic E-state index is 14.0. The second-order valence-electron chi connectivity index (χ2n) is 7.76. The van der Waals surface area contributed by atoms with Crippen molar-refractivity contribution in [3.8, 4) is 5.75 Å². The number of amides is 2. The van der Waals surface area contributed by atoms with Crippen LogP contribution in [0.1, 0.15) is 38.4 Å². The third kappa shape index (κ3) is 7.28. The lowest BCUT2D eigenvalue weighted by Gasteiger charge is -2.34. The molecule has 0 aliphatic heterocycles. The molecule has 2 rings (SSSR count). The van der Waals surface area contributed by atoms with Crippen LogP contribution in [0.3, 0.4) is 0 Å². The van der Waals surface area contributed by atoms with Crippen LogP contribution in [0.25, 0.3) is 0 Å². The topological polar surface area (TPSA) is 108 Å². The summed E-state index contributed by atoms with van der Waals surface area (Å²) < 4.78 is 19.7. The van der Waals surface area contributed by atoms with Gasteiger partial charge in [-0.15, -0.1) is 11.8 Å². The Hall–Kier alpha value is -3.04. The van der Waals surface area contributed by atoms with Crippen LogP contribution >= 0.6 is 11.8 Å². The number of carbonyl (C=O) groups excluding carboxylic acids is 2. The second-order valence-corrected chi connectivity index (χ2v) is 8.64. The summed E-state index contributed by atoms with van der Waals surface area (Å²) in [5, 5.41) is 20.8. The van der Waals surface area contributed by atoms with E-state index in [9.17, 15) is 19.1 Å². The minimum atomic E-state index is -0.844. The third-order valence-electron chi connectivity index (χ3n) is 4.88. The predicted octanol–water partition coefficient (Wildman–Crippen LogP) is 5.41. The van der Waals surface area contributed by atoms with E-state index in [1.54, 1.807) is 30.0 Å². The Morgan fingerprint density at radius 2 is 1.91 bits per heavy atom. The Kier molecular flexibility index (Phi) is 9.10. The van der Waals surface area contributed by atoms with Gasteiger partial charge in [-0.25, -0.2) is 14.7 Å². The summed E-state index contributed by atoms with van der Waals surface area (Å²) in [7, 11) is 0. The van der Waals surface area contributed by atoms with E-state index in [-0.39, 0.29) is 0 Å². The number of nitrogens with one attached hydrogen (secondary N) is 2. The van der Waals surface area contributed by atoms with E-state index in [4.69, 9.17) is 9.94 Å². The van der Waals surface area contributed by atoms with E-state index >= 15 is 0 Å². The van der Waals surface area contributed by atoms with E-state index < -0.39 is 35.1 Å². The molecule has 4 N–H and O–H groups in total. The summed E-state index contributed by atoms with van der Waals surface area (Å²) in [6.45, 7) is 3.70. The van der Waals surface area contributed by atoms with Crippen molar-refractivity contribution >= 4 is 29.4 Å². The molecule has 0 saturated carbocycles. The van der Waals surface area contributed by atoms with Gasteiger partial charge in [0.05, 0.1) is 0 Å². The molecule has 2 amide bonds. The normalized spacial score (nSPS) is 12.4. The van der Waals surface area contributed by atoms with E-state index in [1.807, 2.05) is 32.2 Å². The number of hydroxylamine groups is 1. The van der Waals surface area contributed by atoms with Crippen LogP contribution in [0, 0.1) is 11.2 Å². The van der Waals surface area contributed by atoms with Crippen LogP contribution in [0.15, 0.2) is 59.5 Å². The van der Waals surface area contributed by atoms with Crippen LogP contribution < -0.4 is 10.8 Å². The molecule has 0 heterocycles. The smallest absolute Gasteiger partial charge is 0.412 e. The predicted molar refractivity (Wildman–Crippen MR) is 121 cm³/mol. The molecule has 2 aromatic rings. The highest BCUT2D eigenvalue weighted by Crippen LogP contribution is 2.41. The first kappa shape index (κ1) is 25.2. The lowest BCUT2D eigenvalue weighted by molar-refractivity contribution is -0.124. The SMILES string of the molecule is CSc1ccc(NC(=O)O[C@H](c2ccc(O)c(F)c2)C(C)(C)CC/C=C/C(=O)NO)cc1. The first-order valence-electron chi connectivity index (χ1n) is 9.87. The summed E-state index contributed by atoms with van der Waals surface area (Å²) >= 11 is 1.58. The highest BCUT2D eigenvalue weighted by atomic mass is 32.2. The number of anilines is 1. The molecule has 1 atom stereocenters. The van der Waals surface area contributed by atoms with E-state index in [2.05, 4.69) is 5.32 Å². The number of rotatable bonds is 9. The van der Waals surface area contributed by atoms with E-state index in [0.717, 1.165) is 11.0 Å². The van der Waals surface area contributed by atoms with Gasteiger partial charge in [-0.1, -0.05) is 26.0 Å². The minimum Gasteiger partial charge on any atom is -0.505 e. The third-order valence-corrected chi connectivity index (χ3v) is 5.62. The fourth-order valence-corrected chi connectivity index (χ4v) is 3.52. The zero-order valence-corrected chi connectivity index (χ0v) is 18.9. The number of aromatic hydroxyl groups is 1. The summed E-state index contributed by atoms with van der Waals surface area (Å²) in [6, 6.07) is 11.1. The fourth-order valence-electron chi connectivity index (χ4n) is 3.11. The quantitative estimate of drug-likeness (QED) is 0.172. The summed E-state index contributed by atoms with van der Waals surface area (Å²) in [6.07, 6.45) is 4.09. The van der Waals surface area contributed by atoms with Crippen LogP contribution in [0.2, 0.25) is 0 Å². The van der Waals surface area contributed by atoms with Gasteiger partial charge in [-0.05, 0) is 61.1 Å². The zero-order valence-electron chi connectivity index (χ0n) is 18.1. The number of phenols is 1. The molecule has 0 aliphatic rings. The first-order valence-corrected chi connectivity index (χ1v) is 11.1. The molecule has 172 valence electrons. The van der Waals surface area contributed by atoms with Crippen molar-refractivity contribution < 1.29 is 29.0 Å². The Bertz CT molecular complexity index is 963. The van der Waals surface area contributed by atoms with Crippen molar-refractivity contribution in [3.05, 3.63) is 66.0 Å². The molecular weight excluding hydrogens is 435 g/mol. The molecule has 7 nitrogen and oxygen atoms in total. The molecule has 9 heteroatoms. The monoisotopic (exact) mass is 462 g/mol. The standard InChI is InChI=1S/C23H27FN2O5S/c1-23(2,13-5-4-6-20(28)26-30)21(15-7-12-19(27)18(24)14-15)31-22(29)25-16-8-10-17(32-3)11-9-16/h4,6-12,14,21,27,30H,5,13H2,1-3H3,(H,25,29)(H,26,28)/b6-4+/t21-/m1/s1. The molecular formula is C23H27FN2O5S. The van der Waals surface area contributed by atoms with Crippen LogP contribution in [0.5, 0.6) is 5.75 Å². The van der Waals surface area contributed by atoms with Crippen LogP contribution in [-0.2, 0) is 9.53 Å². The molecule has 0 bridgehead atoms. The maximum atomic E-state index is 14.0. The van der Waals surface area contributed by atoms with Gasteiger partial charge in [0.1, 0.15) is 6.10 Å². The molecule has 0 aromatic heterocycles. The number of phenolic OH excluding ortho intramolecular Hbond substituents is 1. The van der Waals surface area contributed by atoms with E-state index in [1.165, 1.54) is 23.7 Å². The van der Waals surface area contributed by atoms with Crippen LogP contribution in [-0.4, -0.2) is 28.6 Å². The number of thioether (sulfide) groups is 1. The largest absolute Gasteiger partial charge is 0.505 e. The van der Waals surface area contributed by atoms with Crippen molar-refractivity contribution in [1.82, 2.24) is 5.48 Å². The number of hydrogen-bond donors (Lipinski definition) is 4. The van der Waals surface area contributed by atoms with Gasteiger partial charge in [0, 0.05) is 22.1 Å². The number of hydrogen-bond acceptors (Lipinski definition) is 6. The molecule has 32 heavy (non-hydrogen) atoms. The number of halogens is 1.